The SMILES string of the molecule is CC1C(C)C(C)C(C)C1C.O.Oc1cccc(-c2cccc(O)n2)n1.[CH3-].[Ir]. The van der Waals surface area contributed by atoms with E-state index in [1.54, 1.807) is 24.3 Å². The summed E-state index contributed by atoms with van der Waals surface area (Å²) in [6.45, 7) is 12.0. The average Bonchev–Trinajstić information content (AvgIpc) is 2.73. The Morgan fingerprint density at radius 2 is 0.889 bits per heavy atom. The quantitative estimate of drug-likeness (QED) is 0.513. The van der Waals surface area contributed by atoms with Gasteiger partial charge < -0.3 is 23.1 Å². The molecule has 6 heteroatoms. The van der Waals surface area contributed by atoms with Gasteiger partial charge in [-0.3, -0.25) is 0 Å². The molecule has 1 radical (unpaired) electrons. The topological polar surface area (TPSA) is 97.7 Å². The van der Waals surface area contributed by atoms with Crippen molar-refractivity contribution < 1.29 is 35.8 Å². The summed E-state index contributed by atoms with van der Waals surface area (Å²) in [5, 5.41) is 18.3. The Kier molecular flexibility index (Phi) is 12.4. The molecule has 27 heavy (non-hydrogen) atoms. The molecule has 0 unspecified atom stereocenters. The van der Waals surface area contributed by atoms with Gasteiger partial charge >= 0.3 is 0 Å². The third-order valence-corrected chi connectivity index (χ3v) is 5.88. The van der Waals surface area contributed by atoms with E-state index < -0.39 is 0 Å². The fourth-order valence-corrected chi connectivity index (χ4v) is 3.53. The van der Waals surface area contributed by atoms with Crippen LogP contribution in [0.3, 0.4) is 0 Å². The van der Waals surface area contributed by atoms with E-state index >= 15 is 0 Å². The number of aromatic hydroxyl groups is 2. The molecular formula is C21H33IrN2O3-. The van der Waals surface area contributed by atoms with Crippen LogP contribution in [0.25, 0.3) is 11.4 Å². The number of hydrogen-bond donors (Lipinski definition) is 2. The Balaban J connectivity index is 0. The van der Waals surface area contributed by atoms with Crippen LogP contribution in [0.15, 0.2) is 36.4 Å². The molecular weight excluding hydrogens is 520 g/mol. The van der Waals surface area contributed by atoms with Crippen LogP contribution in [0.2, 0.25) is 0 Å². The summed E-state index contributed by atoms with van der Waals surface area (Å²) in [5.41, 5.74) is 1.06. The predicted octanol–water partition coefficient (Wildman–Crippen LogP) is 4.36. The van der Waals surface area contributed by atoms with Crippen molar-refractivity contribution in [3.05, 3.63) is 43.8 Å². The van der Waals surface area contributed by atoms with Gasteiger partial charge in [0, 0.05) is 32.2 Å². The molecule has 1 aliphatic carbocycles. The smallest absolute Gasteiger partial charge is 0.211 e. The molecule has 5 nitrogen and oxygen atoms in total. The first-order valence-electron chi connectivity index (χ1n) is 8.63. The fourth-order valence-electron chi connectivity index (χ4n) is 3.53. The van der Waals surface area contributed by atoms with E-state index in [0.717, 1.165) is 29.6 Å². The molecule has 1 saturated carbocycles. The molecule has 0 amide bonds. The molecule has 1 fully saturated rings. The zero-order valence-electron chi connectivity index (χ0n) is 17.0. The van der Waals surface area contributed by atoms with Crippen molar-refractivity contribution in [3.8, 4) is 23.1 Å². The van der Waals surface area contributed by atoms with Crippen LogP contribution in [0.1, 0.15) is 34.6 Å². The molecule has 155 valence electrons. The van der Waals surface area contributed by atoms with E-state index in [4.69, 9.17) is 10.2 Å². The zero-order chi connectivity index (χ0) is 17.9. The minimum atomic E-state index is -0.0624. The molecule has 4 N–H and O–H groups in total. The van der Waals surface area contributed by atoms with E-state index in [2.05, 4.69) is 44.6 Å². The van der Waals surface area contributed by atoms with Crippen molar-refractivity contribution >= 4 is 0 Å². The Morgan fingerprint density at radius 1 is 0.630 bits per heavy atom. The summed E-state index contributed by atoms with van der Waals surface area (Å²) in [5.74, 6) is 4.55. The van der Waals surface area contributed by atoms with E-state index in [1.807, 2.05) is 0 Å². The Hall–Kier alpha value is -1.49. The van der Waals surface area contributed by atoms with Gasteiger partial charge in [-0.1, -0.05) is 46.8 Å². The van der Waals surface area contributed by atoms with Crippen LogP contribution >= 0.6 is 0 Å². The average molecular weight is 554 g/mol. The van der Waals surface area contributed by atoms with E-state index in [9.17, 15) is 0 Å². The molecule has 2 aromatic rings. The van der Waals surface area contributed by atoms with Gasteiger partial charge in [0.25, 0.3) is 0 Å². The maximum absolute atomic E-state index is 9.14. The van der Waals surface area contributed by atoms with Gasteiger partial charge in [-0.2, -0.15) is 0 Å². The largest absolute Gasteiger partial charge is 0.493 e. The van der Waals surface area contributed by atoms with Gasteiger partial charge in [-0.05, 0) is 41.7 Å². The van der Waals surface area contributed by atoms with Crippen molar-refractivity contribution in [2.45, 2.75) is 34.6 Å². The molecule has 1 aliphatic rings. The maximum atomic E-state index is 9.14. The summed E-state index contributed by atoms with van der Waals surface area (Å²) in [4.78, 5) is 7.73. The first-order chi connectivity index (χ1) is 11.3. The standard InChI is InChI=1S/C10H8N2O2.C10H20.CH3.Ir.H2O/c13-9-5-1-3-7(11-9)8-4-2-6-10(14)12-8;1-6-7(2)9(4)10(5)8(6)3;;;/h1-6H,(H,11,13)(H,12,14);6-10H,1-5H3;1H3;;1H2/q;;-1;;. The van der Waals surface area contributed by atoms with Crippen molar-refractivity contribution in [1.29, 1.82) is 0 Å². The Morgan fingerprint density at radius 3 is 1.11 bits per heavy atom. The predicted molar refractivity (Wildman–Crippen MR) is 107 cm³/mol. The van der Waals surface area contributed by atoms with Gasteiger partial charge in [0.2, 0.25) is 11.8 Å². The Bertz CT molecular complexity index is 596. The van der Waals surface area contributed by atoms with Gasteiger partial charge in [0.1, 0.15) is 0 Å². The Labute approximate surface area is 176 Å². The number of pyridine rings is 2. The molecule has 2 heterocycles. The molecule has 0 atom stereocenters. The molecule has 0 bridgehead atoms. The van der Waals surface area contributed by atoms with Crippen molar-refractivity contribution in [3.63, 3.8) is 0 Å². The van der Waals surface area contributed by atoms with Crippen molar-refractivity contribution in [2.24, 2.45) is 29.6 Å². The zero-order valence-corrected chi connectivity index (χ0v) is 19.4. The molecule has 2 aromatic heterocycles. The second kappa shape index (κ2) is 12.1. The van der Waals surface area contributed by atoms with Crippen LogP contribution in [0.4, 0.5) is 0 Å². The number of rotatable bonds is 1. The van der Waals surface area contributed by atoms with Gasteiger partial charge in [-0.25, -0.2) is 9.97 Å². The first-order valence-corrected chi connectivity index (χ1v) is 8.63. The third-order valence-electron chi connectivity index (χ3n) is 5.88. The number of hydrogen-bond acceptors (Lipinski definition) is 4. The van der Waals surface area contributed by atoms with Crippen molar-refractivity contribution in [2.75, 3.05) is 0 Å². The maximum Gasteiger partial charge on any atom is 0.211 e. The minimum Gasteiger partial charge on any atom is -0.493 e. The van der Waals surface area contributed by atoms with Crippen LogP contribution in [-0.2, 0) is 20.1 Å². The minimum absolute atomic E-state index is 0. The van der Waals surface area contributed by atoms with Gasteiger partial charge in [0.15, 0.2) is 0 Å². The van der Waals surface area contributed by atoms with Crippen LogP contribution in [-0.4, -0.2) is 25.7 Å². The second-order valence-corrected chi connectivity index (χ2v) is 7.06. The summed E-state index contributed by atoms with van der Waals surface area (Å²) < 4.78 is 0. The number of nitrogens with zero attached hydrogens (tertiary/aromatic N) is 2. The van der Waals surface area contributed by atoms with Crippen LogP contribution in [0, 0.1) is 37.0 Å². The molecule has 0 spiro atoms. The molecule has 3 rings (SSSR count). The summed E-state index contributed by atoms with van der Waals surface area (Å²) in [7, 11) is 0. The summed E-state index contributed by atoms with van der Waals surface area (Å²) in [6.07, 6.45) is 0. The van der Waals surface area contributed by atoms with Gasteiger partial charge in [0.05, 0.1) is 11.4 Å². The second-order valence-electron chi connectivity index (χ2n) is 7.06. The van der Waals surface area contributed by atoms with Crippen molar-refractivity contribution in [1.82, 2.24) is 9.97 Å². The van der Waals surface area contributed by atoms with E-state index in [-0.39, 0.29) is 44.8 Å². The van der Waals surface area contributed by atoms with E-state index in [1.165, 1.54) is 12.1 Å². The molecule has 0 saturated heterocycles. The third kappa shape index (κ3) is 6.87. The van der Waals surface area contributed by atoms with E-state index in [0.29, 0.717) is 11.4 Å². The summed E-state index contributed by atoms with van der Waals surface area (Å²) >= 11 is 0. The monoisotopic (exact) mass is 554 g/mol. The van der Waals surface area contributed by atoms with Crippen LogP contribution in [0.5, 0.6) is 11.8 Å². The fraction of sp³-hybridized carbons (Fsp3) is 0.476. The van der Waals surface area contributed by atoms with Gasteiger partial charge in [-0.15, -0.1) is 0 Å². The normalized spacial score (nSPS) is 25.7. The molecule has 0 aliphatic heterocycles. The first kappa shape index (κ1) is 27.7. The summed E-state index contributed by atoms with van der Waals surface area (Å²) in [6, 6.07) is 9.72. The van der Waals surface area contributed by atoms with Crippen LogP contribution < -0.4 is 0 Å². The number of aromatic nitrogens is 2. The molecule has 0 aromatic carbocycles.